The Morgan fingerprint density at radius 1 is 0.897 bits per heavy atom. The maximum Gasteiger partial charge on any atom is 0.280 e. The number of amides is 4. The van der Waals surface area contributed by atoms with Crippen molar-refractivity contribution in [1.29, 1.82) is 0 Å². The predicted octanol–water partition coefficient (Wildman–Crippen LogP) is 2.87. The van der Waals surface area contributed by atoms with E-state index < -0.39 is 17.7 Å². The molecule has 1 aliphatic rings. The summed E-state index contributed by atoms with van der Waals surface area (Å²) in [6.45, 7) is 0. The van der Waals surface area contributed by atoms with E-state index in [0.29, 0.717) is 10.7 Å². The van der Waals surface area contributed by atoms with Crippen molar-refractivity contribution in [2.45, 2.75) is 6.42 Å². The van der Waals surface area contributed by atoms with Gasteiger partial charge in [0, 0.05) is 16.1 Å². The lowest BCUT2D eigenvalue weighted by atomic mass is 10.1. The Morgan fingerprint density at radius 2 is 1.62 bits per heavy atom. The van der Waals surface area contributed by atoms with Crippen molar-refractivity contribution >= 4 is 40.7 Å². The molecule has 0 fully saturated rings. The van der Waals surface area contributed by atoms with Gasteiger partial charge in [-0.3, -0.25) is 24.6 Å². The molecule has 0 bridgehead atoms. The fourth-order valence-corrected chi connectivity index (χ4v) is 3.68. The highest BCUT2D eigenvalue weighted by molar-refractivity contribution is 7.10. The van der Waals surface area contributed by atoms with Crippen molar-refractivity contribution in [3.8, 4) is 0 Å². The van der Waals surface area contributed by atoms with E-state index in [0.717, 1.165) is 4.88 Å². The van der Waals surface area contributed by atoms with Crippen LogP contribution < -0.4 is 10.7 Å². The van der Waals surface area contributed by atoms with Gasteiger partial charge in [-0.15, -0.1) is 11.3 Å². The smallest absolute Gasteiger partial charge is 0.280 e. The lowest BCUT2D eigenvalue weighted by molar-refractivity contribution is -0.115. The minimum atomic E-state index is -0.631. The number of rotatable bonds is 5. The molecule has 1 aliphatic heterocycles. The molecule has 0 spiro atoms. The monoisotopic (exact) mass is 405 g/mol. The van der Waals surface area contributed by atoms with Crippen LogP contribution in [-0.2, 0) is 11.2 Å². The number of imide groups is 1. The molecule has 0 unspecified atom stereocenters. The fourth-order valence-electron chi connectivity index (χ4n) is 2.97. The quantitative estimate of drug-likeness (QED) is 0.638. The van der Waals surface area contributed by atoms with Crippen molar-refractivity contribution in [3.63, 3.8) is 0 Å². The van der Waals surface area contributed by atoms with Crippen LogP contribution in [0.25, 0.3) is 0 Å². The van der Waals surface area contributed by atoms with Crippen molar-refractivity contribution in [3.05, 3.63) is 87.6 Å². The molecular formula is C21H15N3O4S. The molecular weight excluding hydrogens is 390 g/mol. The number of nitrogens with zero attached hydrogens (tertiary/aromatic N) is 1. The summed E-state index contributed by atoms with van der Waals surface area (Å²) in [5.74, 6) is -2.00. The van der Waals surface area contributed by atoms with Gasteiger partial charge >= 0.3 is 0 Å². The van der Waals surface area contributed by atoms with Crippen LogP contribution >= 0.6 is 11.3 Å². The van der Waals surface area contributed by atoms with Gasteiger partial charge in [0.2, 0.25) is 5.91 Å². The van der Waals surface area contributed by atoms with Crippen LogP contribution in [0.1, 0.15) is 36.0 Å². The second kappa shape index (κ2) is 7.69. The summed E-state index contributed by atoms with van der Waals surface area (Å²) in [7, 11) is 0. The number of carbonyl (C=O) groups excluding carboxylic acids is 4. The van der Waals surface area contributed by atoms with Crippen molar-refractivity contribution in [2.75, 3.05) is 5.32 Å². The number of hydrogen-bond donors (Lipinski definition) is 2. The summed E-state index contributed by atoms with van der Waals surface area (Å²) in [4.78, 5) is 50.4. The molecule has 4 amide bonds. The number of hydrogen-bond acceptors (Lipinski definition) is 5. The van der Waals surface area contributed by atoms with Gasteiger partial charge in [0.05, 0.1) is 17.5 Å². The molecule has 8 heteroatoms. The van der Waals surface area contributed by atoms with Crippen molar-refractivity contribution < 1.29 is 19.2 Å². The van der Waals surface area contributed by atoms with Gasteiger partial charge in [0.25, 0.3) is 17.7 Å². The van der Waals surface area contributed by atoms with E-state index in [2.05, 4.69) is 10.7 Å². The van der Waals surface area contributed by atoms with E-state index >= 15 is 0 Å². The van der Waals surface area contributed by atoms with Gasteiger partial charge < -0.3 is 5.32 Å². The van der Waals surface area contributed by atoms with Gasteiger partial charge in [-0.2, -0.15) is 5.01 Å². The van der Waals surface area contributed by atoms with Crippen LogP contribution in [0.15, 0.2) is 66.0 Å². The molecule has 29 heavy (non-hydrogen) atoms. The topological polar surface area (TPSA) is 95.6 Å². The Morgan fingerprint density at radius 3 is 2.28 bits per heavy atom. The first-order chi connectivity index (χ1) is 14.0. The standard InChI is InChI=1S/C21H15N3O4S/c25-18(12-15-7-4-10-29-15)22-14-6-3-5-13(11-14)19(26)23-24-20(27)16-8-1-2-9-17(16)21(24)28/h1-11H,12H2,(H,22,25)(H,23,26). The van der Waals surface area contributed by atoms with E-state index in [1.807, 2.05) is 17.5 Å². The van der Waals surface area contributed by atoms with Crippen LogP contribution in [0, 0.1) is 0 Å². The molecule has 0 atom stereocenters. The predicted molar refractivity (Wildman–Crippen MR) is 108 cm³/mol. The number of thiophene rings is 1. The Labute approximate surface area is 169 Å². The maximum absolute atomic E-state index is 12.6. The summed E-state index contributed by atoms with van der Waals surface area (Å²) >= 11 is 1.49. The summed E-state index contributed by atoms with van der Waals surface area (Å²) in [5.41, 5.74) is 3.48. The zero-order chi connectivity index (χ0) is 20.4. The molecule has 2 aromatic carbocycles. The van der Waals surface area contributed by atoms with Crippen molar-refractivity contribution in [1.82, 2.24) is 10.4 Å². The number of nitrogens with one attached hydrogen (secondary N) is 2. The first-order valence-electron chi connectivity index (χ1n) is 8.74. The first-order valence-corrected chi connectivity index (χ1v) is 9.62. The molecule has 0 saturated carbocycles. The maximum atomic E-state index is 12.6. The molecule has 0 saturated heterocycles. The Kier molecular flexibility index (Phi) is 4.92. The average molecular weight is 405 g/mol. The molecule has 7 nitrogen and oxygen atoms in total. The highest BCUT2D eigenvalue weighted by Crippen LogP contribution is 2.21. The van der Waals surface area contributed by atoms with Crippen LogP contribution in [0.3, 0.4) is 0 Å². The Bertz CT molecular complexity index is 1090. The minimum Gasteiger partial charge on any atom is -0.326 e. The van der Waals surface area contributed by atoms with E-state index in [-0.39, 0.29) is 29.0 Å². The van der Waals surface area contributed by atoms with Gasteiger partial charge in [0.15, 0.2) is 0 Å². The number of hydrazine groups is 1. The van der Waals surface area contributed by atoms with E-state index in [1.54, 1.807) is 24.3 Å². The molecule has 0 radical (unpaired) electrons. The van der Waals surface area contributed by atoms with Gasteiger partial charge in [0.1, 0.15) is 0 Å². The molecule has 2 heterocycles. The van der Waals surface area contributed by atoms with E-state index in [1.165, 1.54) is 35.6 Å². The fraction of sp³-hybridized carbons (Fsp3) is 0.0476. The van der Waals surface area contributed by atoms with E-state index in [9.17, 15) is 19.2 Å². The van der Waals surface area contributed by atoms with E-state index in [4.69, 9.17) is 0 Å². The molecule has 3 aromatic rings. The minimum absolute atomic E-state index is 0.203. The molecule has 1 aromatic heterocycles. The van der Waals surface area contributed by atoms with Gasteiger partial charge in [-0.1, -0.05) is 24.3 Å². The summed E-state index contributed by atoms with van der Waals surface area (Å²) in [6.07, 6.45) is 0.239. The second-order valence-electron chi connectivity index (χ2n) is 6.32. The number of carbonyl (C=O) groups is 4. The number of benzene rings is 2. The SMILES string of the molecule is O=C(Cc1cccs1)Nc1cccc(C(=O)NN2C(=O)c3ccccc3C2=O)c1. The highest BCUT2D eigenvalue weighted by Gasteiger charge is 2.36. The third-order valence-electron chi connectivity index (χ3n) is 4.33. The average Bonchev–Trinajstić information content (AvgIpc) is 3.31. The lowest BCUT2D eigenvalue weighted by Gasteiger charge is -2.15. The molecule has 2 N–H and O–H groups in total. The zero-order valence-electron chi connectivity index (χ0n) is 15.0. The Hall–Kier alpha value is -3.78. The summed E-state index contributed by atoms with van der Waals surface area (Å²) in [5, 5.41) is 5.34. The Balaban J connectivity index is 1.45. The molecule has 4 rings (SSSR count). The van der Waals surface area contributed by atoms with Gasteiger partial charge in [-0.05, 0) is 41.8 Å². The van der Waals surface area contributed by atoms with Crippen LogP contribution in [-0.4, -0.2) is 28.6 Å². The normalized spacial score (nSPS) is 12.6. The molecule has 144 valence electrons. The largest absolute Gasteiger partial charge is 0.326 e. The first kappa shape index (κ1) is 18.6. The summed E-state index contributed by atoms with van der Waals surface area (Å²) in [6, 6.07) is 16.4. The zero-order valence-corrected chi connectivity index (χ0v) is 15.9. The second-order valence-corrected chi connectivity index (χ2v) is 7.35. The number of fused-ring (bicyclic) bond motifs is 1. The number of anilines is 1. The van der Waals surface area contributed by atoms with Crippen LogP contribution in [0.5, 0.6) is 0 Å². The van der Waals surface area contributed by atoms with Gasteiger partial charge in [-0.25, -0.2) is 0 Å². The molecule has 0 aliphatic carbocycles. The summed E-state index contributed by atoms with van der Waals surface area (Å²) < 4.78 is 0. The van der Waals surface area contributed by atoms with Crippen molar-refractivity contribution in [2.24, 2.45) is 0 Å². The van der Waals surface area contributed by atoms with Crippen LogP contribution in [0.4, 0.5) is 5.69 Å². The highest BCUT2D eigenvalue weighted by atomic mass is 32.1. The third kappa shape index (κ3) is 3.78. The van der Waals surface area contributed by atoms with Crippen LogP contribution in [0.2, 0.25) is 0 Å². The third-order valence-corrected chi connectivity index (χ3v) is 5.21. The lowest BCUT2D eigenvalue weighted by Crippen LogP contribution is -2.45.